The number of benzene rings is 1. The van der Waals surface area contributed by atoms with E-state index in [2.05, 4.69) is 41.8 Å². The lowest BCUT2D eigenvalue weighted by molar-refractivity contribution is -0.142. The number of hydrogen-bond donors (Lipinski definition) is 4. The number of hydroxylamine groups is 1. The van der Waals surface area contributed by atoms with Gasteiger partial charge in [-0.25, -0.2) is 5.48 Å². The Morgan fingerprint density at radius 3 is 2.22 bits per heavy atom. The van der Waals surface area contributed by atoms with Gasteiger partial charge in [0.25, 0.3) is 0 Å². The molecule has 1 aromatic rings. The maximum Gasteiger partial charge on any atom is 0.245 e. The molecule has 2 aliphatic rings. The first kappa shape index (κ1) is 29.1. The van der Waals surface area contributed by atoms with E-state index in [1.165, 1.54) is 11.1 Å². The van der Waals surface area contributed by atoms with Crippen molar-refractivity contribution in [2.75, 3.05) is 13.1 Å². The van der Waals surface area contributed by atoms with Gasteiger partial charge in [-0.1, -0.05) is 76.3 Å². The Labute approximate surface area is 221 Å². The number of carbonyl (C=O) groups excluding carboxylic acids is 3. The van der Waals surface area contributed by atoms with E-state index in [0.29, 0.717) is 31.5 Å². The van der Waals surface area contributed by atoms with Crippen molar-refractivity contribution in [1.29, 1.82) is 0 Å². The summed E-state index contributed by atoms with van der Waals surface area (Å²) in [6.45, 7) is 10.0. The summed E-state index contributed by atoms with van der Waals surface area (Å²) in [7, 11) is 0. The molecular weight excluding hydrogens is 468 g/mol. The van der Waals surface area contributed by atoms with Gasteiger partial charge in [-0.15, -0.1) is 0 Å². The minimum atomic E-state index is -0.680. The van der Waals surface area contributed by atoms with E-state index in [-0.39, 0.29) is 18.2 Å². The fourth-order valence-electron chi connectivity index (χ4n) is 5.56. The Bertz CT molecular complexity index is 897. The highest BCUT2D eigenvalue weighted by Gasteiger charge is 2.38. The number of carbonyl (C=O) groups is 3. The summed E-state index contributed by atoms with van der Waals surface area (Å²) in [5.41, 5.74) is 3.68. The van der Waals surface area contributed by atoms with Crippen LogP contribution in [0, 0.1) is 24.2 Å². The maximum atomic E-state index is 13.6. The predicted molar refractivity (Wildman–Crippen MR) is 144 cm³/mol. The third-order valence-electron chi connectivity index (χ3n) is 7.94. The van der Waals surface area contributed by atoms with Gasteiger partial charge in [-0.2, -0.15) is 0 Å². The molecule has 3 amide bonds. The van der Waals surface area contributed by atoms with Crippen LogP contribution in [0.15, 0.2) is 24.3 Å². The summed E-state index contributed by atoms with van der Waals surface area (Å²) >= 11 is 0. The molecule has 8 heteroatoms. The molecule has 1 heterocycles. The first-order valence-electron chi connectivity index (χ1n) is 13.9. The number of piperidine rings is 1. The van der Waals surface area contributed by atoms with Gasteiger partial charge in [-0.3, -0.25) is 19.6 Å². The van der Waals surface area contributed by atoms with Crippen molar-refractivity contribution >= 4 is 17.7 Å². The van der Waals surface area contributed by atoms with Crippen molar-refractivity contribution in [2.45, 2.75) is 97.7 Å². The van der Waals surface area contributed by atoms with Crippen LogP contribution in [0.1, 0.15) is 83.3 Å². The molecule has 206 valence electrons. The van der Waals surface area contributed by atoms with Crippen LogP contribution in [0.25, 0.3) is 0 Å². The molecule has 0 unspecified atom stereocenters. The van der Waals surface area contributed by atoms with Crippen LogP contribution in [0.4, 0.5) is 0 Å². The van der Waals surface area contributed by atoms with Gasteiger partial charge >= 0.3 is 0 Å². The summed E-state index contributed by atoms with van der Waals surface area (Å²) in [6.07, 6.45) is 6.64. The second-order valence-corrected chi connectivity index (χ2v) is 12.1. The quantitative estimate of drug-likeness (QED) is 0.281. The number of nitrogens with one attached hydrogen (secondary N) is 3. The van der Waals surface area contributed by atoms with Crippen LogP contribution < -0.4 is 16.1 Å². The van der Waals surface area contributed by atoms with Gasteiger partial charge in [0.15, 0.2) is 0 Å². The van der Waals surface area contributed by atoms with Gasteiger partial charge in [0.1, 0.15) is 6.04 Å². The fraction of sp³-hybridized carbons (Fsp3) is 0.690. The number of hydrogen-bond acceptors (Lipinski definition) is 5. The number of aryl methyl sites for hydroxylation is 1. The predicted octanol–water partition coefficient (Wildman–Crippen LogP) is 3.70. The molecule has 3 rings (SSSR count). The number of rotatable bonds is 10. The molecule has 1 saturated carbocycles. The lowest BCUT2D eigenvalue weighted by Gasteiger charge is -2.39. The highest BCUT2D eigenvalue weighted by molar-refractivity contribution is 5.91. The van der Waals surface area contributed by atoms with E-state index in [4.69, 9.17) is 5.21 Å². The van der Waals surface area contributed by atoms with Gasteiger partial charge in [0, 0.05) is 38.0 Å². The molecule has 37 heavy (non-hydrogen) atoms. The van der Waals surface area contributed by atoms with Crippen LogP contribution in [-0.2, 0) is 20.9 Å². The van der Waals surface area contributed by atoms with Crippen LogP contribution in [0.3, 0.4) is 0 Å². The molecule has 2 atom stereocenters. The second-order valence-electron chi connectivity index (χ2n) is 12.1. The van der Waals surface area contributed by atoms with Crippen LogP contribution in [0.5, 0.6) is 0 Å². The number of amides is 3. The molecule has 8 nitrogen and oxygen atoms in total. The van der Waals surface area contributed by atoms with Crippen molar-refractivity contribution in [3.63, 3.8) is 0 Å². The molecule has 0 spiro atoms. The van der Waals surface area contributed by atoms with E-state index in [0.717, 1.165) is 45.1 Å². The van der Waals surface area contributed by atoms with Gasteiger partial charge < -0.3 is 15.5 Å². The summed E-state index contributed by atoms with van der Waals surface area (Å²) in [5, 5.41) is 15.7. The SMILES string of the molecule is Cc1ccc(CNC2CCN(C(=O)[C@H](NC(=O)[C@H](CC(=O)NO)CC3CCCC3)C(C)(C)C)CC2)cc1. The number of likely N-dealkylation sites (tertiary alicyclic amines) is 1. The summed E-state index contributed by atoms with van der Waals surface area (Å²) in [5.74, 6) is -1.08. The normalized spacial score (nSPS) is 18.9. The minimum absolute atomic E-state index is 0.0657. The van der Waals surface area contributed by atoms with Crippen molar-refractivity contribution in [3.8, 4) is 0 Å². The lowest BCUT2D eigenvalue weighted by Crippen LogP contribution is -2.58. The topological polar surface area (TPSA) is 111 Å². The van der Waals surface area contributed by atoms with E-state index >= 15 is 0 Å². The Kier molecular flexibility index (Phi) is 10.5. The molecular formula is C29H46N4O4. The Morgan fingerprint density at radius 2 is 1.65 bits per heavy atom. The zero-order valence-electron chi connectivity index (χ0n) is 23.0. The highest BCUT2D eigenvalue weighted by Crippen LogP contribution is 2.32. The molecule has 0 bridgehead atoms. The zero-order valence-corrected chi connectivity index (χ0v) is 23.0. The Morgan fingerprint density at radius 1 is 1.03 bits per heavy atom. The average Bonchev–Trinajstić information content (AvgIpc) is 3.38. The van der Waals surface area contributed by atoms with Crippen molar-refractivity contribution < 1.29 is 19.6 Å². The van der Waals surface area contributed by atoms with Crippen LogP contribution >= 0.6 is 0 Å². The molecule has 0 aromatic heterocycles. The highest BCUT2D eigenvalue weighted by atomic mass is 16.5. The molecule has 1 aromatic carbocycles. The summed E-state index contributed by atoms with van der Waals surface area (Å²) in [6, 6.07) is 8.19. The molecule has 0 radical (unpaired) electrons. The molecule has 1 aliphatic heterocycles. The maximum absolute atomic E-state index is 13.6. The molecule has 4 N–H and O–H groups in total. The van der Waals surface area contributed by atoms with Gasteiger partial charge in [-0.05, 0) is 43.1 Å². The summed E-state index contributed by atoms with van der Waals surface area (Å²) < 4.78 is 0. The lowest BCUT2D eigenvalue weighted by atomic mass is 9.84. The molecule has 1 saturated heterocycles. The third kappa shape index (κ3) is 8.82. The monoisotopic (exact) mass is 514 g/mol. The molecule has 1 aliphatic carbocycles. The largest absolute Gasteiger partial charge is 0.344 e. The Hall–Kier alpha value is -2.45. The minimum Gasteiger partial charge on any atom is -0.344 e. The standard InChI is InChI=1S/C29H46N4O4/c1-20-9-11-22(12-10-20)19-30-24-13-15-33(16-14-24)28(36)26(29(2,3)4)31-27(35)23(18-25(34)32-37)17-21-7-5-6-8-21/h9-12,21,23-24,26,30,37H,5-8,13-19H2,1-4H3,(H,31,35)(H,32,34)/t23-,26-/m0/s1. The van der Waals surface area contributed by atoms with Crippen molar-refractivity contribution in [1.82, 2.24) is 21.0 Å². The smallest absolute Gasteiger partial charge is 0.245 e. The summed E-state index contributed by atoms with van der Waals surface area (Å²) in [4.78, 5) is 40.8. The Balaban J connectivity index is 1.57. The molecule has 2 fully saturated rings. The fourth-order valence-corrected chi connectivity index (χ4v) is 5.56. The van der Waals surface area contributed by atoms with E-state index < -0.39 is 23.3 Å². The van der Waals surface area contributed by atoms with Crippen molar-refractivity contribution in [2.24, 2.45) is 17.3 Å². The van der Waals surface area contributed by atoms with E-state index in [1.54, 1.807) is 5.48 Å². The first-order chi connectivity index (χ1) is 17.6. The first-order valence-corrected chi connectivity index (χ1v) is 13.9. The van der Waals surface area contributed by atoms with Crippen molar-refractivity contribution in [3.05, 3.63) is 35.4 Å². The van der Waals surface area contributed by atoms with E-state index in [1.807, 2.05) is 25.7 Å². The average molecular weight is 515 g/mol. The number of nitrogens with zero attached hydrogens (tertiary/aromatic N) is 1. The third-order valence-corrected chi connectivity index (χ3v) is 7.94. The van der Waals surface area contributed by atoms with Crippen LogP contribution in [0.2, 0.25) is 0 Å². The van der Waals surface area contributed by atoms with E-state index in [9.17, 15) is 14.4 Å². The second kappa shape index (κ2) is 13.4. The van der Waals surface area contributed by atoms with Crippen LogP contribution in [-0.4, -0.2) is 53.0 Å². The zero-order chi connectivity index (χ0) is 27.0. The van der Waals surface area contributed by atoms with Gasteiger partial charge in [0.05, 0.1) is 0 Å². The van der Waals surface area contributed by atoms with Gasteiger partial charge in [0.2, 0.25) is 17.7 Å².